The van der Waals surface area contributed by atoms with E-state index in [1.165, 1.54) is 16.8 Å². The number of morpholine rings is 1. The first kappa shape index (κ1) is 16.9. The van der Waals surface area contributed by atoms with Crippen molar-refractivity contribution >= 4 is 0 Å². The molecule has 1 fully saturated rings. The number of rotatable bonds is 5. The first-order chi connectivity index (χ1) is 12.8. The maximum atomic E-state index is 5.98. The summed E-state index contributed by atoms with van der Waals surface area (Å²) in [5.41, 5.74) is 4.76. The molecule has 0 spiro atoms. The summed E-state index contributed by atoms with van der Waals surface area (Å²) < 4.78 is 7.91. The summed E-state index contributed by atoms with van der Waals surface area (Å²) in [5, 5.41) is 4.25. The highest BCUT2D eigenvalue weighted by Crippen LogP contribution is 2.22. The van der Waals surface area contributed by atoms with Gasteiger partial charge in [0.1, 0.15) is 6.10 Å². The topological polar surface area (TPSA) is 43.2 Å². The smallest absolute Gasteiger partial charge is 0.112 e. The van der Waals surface area contributed by atoms with Crippen LogP contribution in [0, 0.1) is 0 Å². The van der Waals surface area contributed by atoms with Crippen LogP contribution >= 0.6 is 0 Å². The number of aryl methyl sites for hydroxylation is 1. The first-order valence-corrected chi connectivity index (χ1v) is 9.07. The third-order valence-corrected chi connectivity index (χ3v) is 4.89. The van der Waals surface area contributed by atoms with Crippen LogP contribution in [0.1, 0.15) is 28.6 Å². The highest BCUT2D eigenvalue weighted by atomic mass is 16.5. The van der Waals surface area contributed by atoms with Crippen LogP contribution in [-0.4, -0.2) is 39.4 Å². The van der Waals surface area contributed by atoms with Crippen LogP contribution in [-0.2, 0) is 24.8 Å². The normalized spacial score (nSPS) is 18.1. The molecule has 3 aromatic rings. The van der Waals surface area contributed by atoms with E-state index in [0.717, 1.165) is 38.4 Å². The van der Waals surface area contributed by atoms with Crippen molar-refractivity contribution in [1.82, 2.24) is 19.7 Å². The second-order valence-electron chi connectivity index (χ2n) is 6.79. The number of ether oxygens (including phenoxy) is 1. The predicted molar refractivity (Wildman–Crippen MR) is 101 cm³/mol. The molecular formula is C21H24N4O. The lowest BCUT2D eigenvalue weighted by Gasteiger charge is -2.32. The summed E-state index contributed by atoms with van der Waals surface area (Å²) in [6.45, 7) is 3.42. The molecule has 5 nitrogen and oxygen atoms in total. The van der Waals surface area contributed by atoms with Crippen molar-refractivity contribution in [2.24, 2.45) is 7.05 Å². The number of hydrogen-bond acceptors (Lipinski definition) is 4. The van der Waals surface area contributed by atoms with Gasteiger partial charge in [0.25, 0.3) is 0 Å². The van der Waals surface area contributed by atoms with Gasteiger partial charge in [-0.15, -0.1) is 0 Å². The molecule has 5 heteroatoms. The molecule has 1 aliphatic rings. The number of pyridine rings is 1. The zero-order valence-corrected chi connectivity index (χ0v) is 15.1. The van der Waals surface area contributed by atoms with E-state index >= 15 is 0 Å². The molecule has 1 aliphatic heterocycles. The molecule has 0 saturated carbocycles. The van der Waals surface area contributed by atoms with Crippen LogP contribution in [0.5, 0.6) is 0 Å². The lowest BCUT2D eigenvalue weighted by Crippen LogP contribution is -2.38. The number of hydrogen-bond donors (Lipinski definition) is 0. The van der Waals surface area contributed by atoms with Crippen molar-refractivity contribution in [1.29, 1.82) is 0 Å². The van der Waals surface area contributed by atoms with Gasteiger partial charge in [0.2, 0.25) is 0 Å². The first-order valence-electron chi connectivity index (χ1n) is 9.07. The van der Waals surface area contributed by atoms with Gasteiger partial charge in [-0.1, -0.05) is 36.4 Å². The Morgan fingerprint density at radius 3 is 2.69 bits per heavy atom. The Bertz CT molecular complexity index is 829. The van der Waals surface area contributed by atoms with Crippen molar-refractivity contribution in [3.8, 4) is 0 Å². The summed E-state index contributed by atoms with van der Waals surface area (Å²) in [7, 11) is 1.99. The molecular weight excluding hydrogens is 324 g/mol. The van der Waals surface area contributed by atoms with E-state index < -0.39 is 0 Å². The third kappa shape index (κ3) is 4.00. The van der Waals surface area contributed by atoms with Gasteiger partial charge in [-0.25, -0.2) is 0 Å². The minimum atomic E-state index is 0.0303. The lowest BCUT2D eigenvalue weighted by molar-refractivity contribution is -0.0356. The van der Waals surface area contributed by atoms with Gasteiger partial charge >= 0.3 is 0 Å². The van der Waals surface area contributed by atoms with E-state index in [9.17, 15) is 0 Å². The van der Waals surface area contributed by atoms with Crippen molar-refractivity contribution in [2.75, 3.05) is 19.7 Å². The third-order valence-electron chi connectivity index (χ3n) is 4.89. The SMILES string of the molecule is Cn1nccc1CN1CCO[C@@H](c2ccc(Cc3ccccc3)cn2)C1. The average molecular weight is 348 g/mol. The zero-order valence-electron chi connectivity index (χ0n) is 15.1. The molecule has 134 valence electrons. The van der Waals surface area contributed by atoms with Gasteiger partial charge in [-0.05, 0) is 29.7 Å². The Labute approximate surface area is 154 Å². The zero-order chi connectivity index (χ0) is 17.8. The molecule has 0 amide bonds. The van der Waals surface area contributed by atoms with Crippen molar-refractivity contribution in [3.63, 3.8) is 0 Å². The monoisotopic (exact) mass is 348 g/mol. The van der Waals surface area contributed by atoms with Crippen molar-refractivity contribution < 1.29 is 4.74 Å². The molecule has 0 unspecified atom stereocenters. The minimum Gasteiger partial charge on any atom is -0.369 e. The van der Waals surface area contributed by atoms with Crippen LogP contribution in [0.25, 0.3) is 0 Å². The number of nitrogens with zero attached hydrogens (tertiary/aromatic N) is 4. The largest absolute Gasteiger partial charge is 0.369 e. The summed E-state index contributed by atoms with van der Waals surface area (Å²) in [5.74, 6) is 0. The standard InChI is InChI=1S/C21H24N4O/c1-24-19(9-10-23-24)15-25-11-12-26-21(16-25)20-8-7-18(14-22-20)13-17-5-3-2-4-6-17/h2-10,14,21H,11-13,15-16H2,1H3/t21-/m1/s1. The van der Waals surface area contributed by atoms with E-state index in [4.69, 9.17) is 4.74 Å². The summed E-state index contributed by atoms with van der Waals surface area (Å²) in [4.78, 5) is 7.09. The summed E-state index contributed by atoms with van der Waals surface area (Å²) in [6, 6.07) is 16.8. The van der Waals surface area contributed by atoms with Crippen LogP contribution in [0.4, 0.5) is 0 Å². The maximum absolute atomic E-state index is 5.98. The van der Waals surface area contributed by atoms with Gasteiger partial charge in [-0.3, -0.25) is 14.6 Å². The Balaban J connectivity index is 1.39. The fraction of sp³-hybridized carbons (Fsp3) is 0.333. The van der Waals surface area contributed by atoms with E-state index in [1.54, 1.807) is 0 Å². The number of benzene rings is 1. The van der Waals surface area contributed by atoms with Crippen LogP contribution in [0.15, 0.2) is 60.9 Å². The molecule has 1 atom stereocenters. The van der Waals surface area contributed by atoms with Gasteiger partial charge in [0.15, 0.2) is 0 Å². The maximum Gasteiger partial charge on any atom is 0.112 e. The van der Waals surface area contributed by atoms with E-state index in [0.29, 0.717) is 0 Å². The molecule has 0 aliphatic carbocycles. The highest BCUT2D eigenvalue weighted by Gasteiger charge is 2.23. The Kier molecular flexibility index (Phi) is 5.09. The van der Waals surface area contributed by atoms with Crippen LogP contribution in [0.2, 0.25) is 0 Å². The Hall–Kier alpha value is -2.50. The van der Waals surface area contributed by atoms with Gasteiger partial charge in [0, 0.05) is 39.1 Å². The molecule has 26 heavy (non-hydrogen) atoms. The van der Waals surface area contributed by atoms with Crippen LogP contribution < -0.4 is 0 Å². The molecule has 4 rings (SSSR count). The van der Waals surface area contributed by atoms with Crippen molar-refractivity contribution in [2.45, 2.75) is 19.1 Å². The average Bonchev–Trinajstić information content (AvgIpc) is 3.08. The quantitative estimate of drug-likeness (QED) is 0.711. The minimum absolute atomic E-state index is 0.0303. The Morgan fingerprint density at radius 2 is 1.96 bits per heavy atom. The van der Waals surface area contributed by atoms with Crippen molar-refractivity contribution in [3.05, 3.63) is 83.4 Å². The van der Waals surface area contributed by atoms with Gasteiger partial charge < -0.3 is 4.74 Å². The number of aromatic nitrogens is 3. The fourth-order valence-electron chi connectivity index (χ4n) is 3.37. The summed E-state index contributed by atoms with van der Waals surface area (Å²) >= 11 is 0. The summed E-state index contributed by atoms with van der Waals surface area (Å²) in [6.07, 6.45) is 4.76. The molecule has 0 N–H and O–H groups in total. The van der Waals surface area contributed by atoms with E-state index in [1.807, 2.05) is 30.2 Å². The fourth-order valence-corrected chi connectivity index (χ4v) is 3.37. The molecule has 2 aromatic heterocycles. The lowest BCUT2D eigenvalue weighted by atomic mass is 10.1. The molecule has 0 radical (unpaired) electrons. The van der Waals surface area contributed by atoms with E-state index in [2.05, 4.69) is 57.4 Å². The van der Waals surface area contributed by atoms with Crippen LogP contribution in [0.3, 0.4) is 0 Å². The Morgan fingerprint density at radius 1 is 1.08 bits per heavy atom. The van der Waals surface area contributed by atoms with E-state index in [-0.39, 0.29) is 6.10 Å². The highest BCUT2D eigenvalue weighted by molar-refractivity contribution is 5.25. The molecule has 1 aromatic carbocycles. The molecule has 0 bridgehead atoms. The van der Waals surface area contributed by atoms with Gasteiger partial charge in [0.05, 0.1) is 18.0 Å². The second kappa shape index (κ2) is 7.81. The van der Waals surface area contributed by atoms with Gasteiger partial charge in [-0.2, -0.15) is 5.10 Å². The molecule has 1 saturated heterocycles. The second-order valence-corrected chi connectivity index (χ2v) is 6.79. The predicted octanol–water partition coefficient (Wildman–Crippen LogP) is 2.98. The molecule has 3 heterocycles.